The van der Waals surface area contributed by atoms with Crippen LogP contribution in [0.1, 0.15) is 29.7 Å². The lowest BCUT2D eigenvalue weighted by atomic mass is 10.0. The molecule has 0 atom stereocenters. The Morgan fingerprint density at radius 2 is 2.16 bits per heavy atom. The fraction of sp³-hybridized carbons (Fsp3) is 0.571. The summed E-state index contributed by atoms with van der Waals surface area (Å²) in [5.74, 6) is 0.986. The van der Waals surface area contributed by atoms with E-state index in [2.05, 4.69) is 4.98 Å². The van der Waals surface area contributed by atoms with E-state index in [1.165, 1.54) is 0 Å². The van der Waals surface area contributed by atoms with Crippen LogP contribution in [0, 0.1) is 25.2 Å². The van der Waals surface area contributed by atoms with E-state index in [9.17, 15) is 0 Å². The normalized spacial score (nSPS) is 16.3. The van der Waals surface area contributed by atoms with Crippen molar-refractivity contribution in [3.05, 3.63) is 22.9 Å². The number of nitrogens with one attached hydrogen (secondary N) is 1. The minimum Gasteiger partial charge on any atom is -0.477 e. The molecule has 3 N–H and O–H groups in total. The molecule has 104 valence electrons. The highest BCUT2D eigenvalue weighted by Gasteiger charge is 2.18. The Morgan fingerprint density at radius 1 is 1.47 bits per heavy atom. The zero-order valence-corrected chi connectivity index (χ0v) is 11.5. The maximum atomic E-state index is 7.65. The second-order valence-electron chi connectivity index (χ2n) is 5.04. The van der Waals surface area contributed by atoms with Gasteiger partial charge in [0.2, 0.25) is 5.88 Å². The molecule has 5 heteroatoms. The number of rotatable bonds is 4. The van der Waals surface area contributed by atoms with Gasteiger partial charge >= 0.3 is 0 Å². The predicted molar refractivity (Wildman–Crippen MR) is 73.8 cm³/mol. The Kier molecular flexibility index (Phi) is 4.37. The molecule has 0 unspecified atom stereocenters. The van der Waals surface area contributed by atoms with Crippen LogP contribution in [0.4, 0.5) is 0 Å². The summed E-state index contributed by atoms with van der Waals surface area (Å²) in [6.45, 7) is 6.05. The van der Waals surface area contributed by atoms with Crippen molar-refractivity contribution in [2.45, 2.75) is 26.7 Å². The van der Waals surface area contributed by atoms with Crippen LogP contribution in [-0.4, -0.2) is 30.6 Å². The predicted octanol–water partition coefficient (Wildman–Crippen LogP) is 1.79. The Labute approximate surface area is 113 Å². The van der Waals surface area contributed by atoms with Crippen LogP contribution in [0.25, 0.3) is 0 Å². The minimum absolute atomic E-state index is 0.00646. The van der Waals surface area contributed by atoms with Gasteiger partial charge in [0.1, 0.15) is 5.84 Å². The molecule has 2 rings (SSSR count). The molecule has 1 aliphatic rings. The van der Waals surface area contributed by atoms with Crippen molar-refractivity contribution in [1.29, 1.82) is 5.41 Å². The van der Waals surface area contributed by atoms with Crippen molar-refractivity contribution >= 4 is 5.84 Å². The third-order valence-corrected chi connectivity index (χ3v) is 3.38. The zero-order chi connectivity index (χ0) is 13.8. The van der Waals surface area contributed by atoms with E-state index >= 15 is 0 Å². The molecule has 1 aliphatic heterocycles. The van der Waals surface area contributed by atoms with Gasteiger partial charge < -0.3 is 15.2 Å². The van der Waals surface area contributed by atoms with Crippen LogP contribution in [0.2, 0.25) is 0 Å². The third-order valence-electron chi connectivity index (χ3n) is 3.38. The van der Waals surface area contributed by atoms with Crippen molar-refractivity contribution in [1.82, 2.24) is 4.98 Å². The topological polar surface area (TPSA) is 81.2 Å². The molecule has 0 amide bonds. The van der Waals surface area contributed by atoms with Gasteiger partial charge in [0.15, 0.2) is 0 Å². The molecule has 0 radical (unpaired) electrons. The van der Waals surface area contributed by atoms with Gasteiger partial charge in [0.25, 0.3) is 0 Å². The molecule has 1 aromatic rings. The highest BCUT2D eigenvalue weighted by Crippen LogP contribution is 2.22. The van der Waals surface area contributed by atoms with Gasteiger partial charge in [0.05, 0.1) is 12.2 Å². The summed E-state index contributed by atoms with van der Waals surface area (Å²) in [6, 6.07) is 1.91. The molecule has 2 heterocycles. The molecule has 0 aliphatic carbocycles. The molecular weight excluding hydrogens is 242 g/mol. The van der Waals surface area contributed by atoms with Crippen LogP contribution < -0.4 is 10.5 Å². The first-order valence-corrected chi connectivity index (χ1v) is 6.61. The van der Waals surface area contributed by atoms with E-state index in [-0.39, 0.29) is 5.84 Å². The Bertz CT molecular complexity index is 468. The van der Waals surface area contributed by atoms with E-state index in [4.69, 9.17) is 20.6 Å². The van der Waals surface area contributed by atoms with Gasteiger partial charge in [-0.3, -0.25) is 5.41 Å². The molecule has 0 bridgehead atoms. The maximum Gasteiger partial charge on any atom is 0.225 e. The quantitative estimate of drug-likeness (QED) is 0.641. The minimum atomic E-state index is 0.00646. The Balaban J connectivity index is 2.12. The van der Waals surface area contributed by atoms with Crippen molar-refractivity contribution < 1.29 is 9.47 Å². The largest absolute Gasteiger partial charge is 0.477 e. The zero-order valence-electron chi connectivity index (χ0n) is 11.5. The van der Waals surface area contributed by atoms with Crippen LogP contribution >= 0.6 is 0 Å². The van der Waals surface area contributed by atoms with E-state index < -0.39 is 0 Å². The molecule has 0 saturated carbocycles. The van der Waals surface area contributed by atoms with Crippen LogP contribution in [0.3, 0.4) is 0 Å². The molecule has 1 fully saturated rings. The number of ether oxygens (including phenoxy) is 2. The molecule has 19 heavy (non-hydrogen) atoms. The fourth-order valence-electron chi connectivity index (χ4n) is 2.34. The number of aryl methyl sites for hydroxylation is 2. The lowest BCUT2D eigenvalue weighted by Gasteiger charge is -2.22. The second kappa shape index (κ2) is 6.02. The Morgan fingerprint density at radius 3 is 2.79 bits per heavy atom. The summed E-state index contributed by atoms with van der Waals surface area (Å²) in [7, 11) is 0. The number of hydrogen-bond acceptors (Lipinski definition) is 4. The SMILES string of the molecule is Cc1cc(C)c(C(=N)N)c(OCC2CCOCC2)n1. The monoisotopic (exact) mass is 263 g/mol. The van der Waals surface area contributed by atoms with Gasteiger partial charge in [-0.1, -0.05) is 0 Å². The van der Waals surface area contributed by atoms with E-state index in [1.807, 2.05) is 19.9 Å². The first-order valence-electron chi connectivity index (χ1n) is 6.61. The van der Waals surface area contributed by atoms with E-state index in [0.717, 1.165) is 37.3 Å². The van der Waals surface area contributed by atoms with Crippen LogP contribution in [-0.2, 0) is 4.74 Å². The third kappa shape index (κ3) is 3.44. The first-order chi connectivity index (χ1) is 9.08. The number of amidine groups is 1. The summed E-state index contributed by atoms with van der Waals surface area (Å²) in [5.41, 5.74) is 8.04. The fourth-order valence-corrected chi connectivity index (χ4v) is 2.34. The Hall–Kier alpha value is -1.62. The summed E-state index contributed by atoms with van der Waals surface area (Å²) >= 11 is 0. The number of pyridine rings is 1. The van der Waals surface area contributed by atoms with Crippen LogP contribution in [0.5, 0.6) is 5.88 Å². The van der Waals surface area contributed by atoms with Gasteiger partial charge in [-0.15, -0.1) is 0 Å². The summed E-state index contributed by atoms with van der Waals surface area (Å²) < 4.78 is 11.1. The molecule has 0 aromatic carbocycles. The van der Waals surface area contributed by atoms with Crippen LogP contribution in [0.15, 0.2) is 6.07 Å². The van der Waals surface area contributed by atoms with E-state index in [1.54, 1.807) is 0 Å². The van der Waals surface area contributed by atoms with Crippen molar-refractivity contribution in [3.8, 4) is 5.88 Å². The molecule has 1 aromatic heterocycles. The van der Waals surface area contributed by atoms with Gasteiger partial charge in [-0.05, 0) is 44.2 Å². The molecule has 0 spiro atoms. The number of nitrogen functional groups attached to an aromatic ring is 1. The van der Waals surface area contributed by atoms with E-state index in [0.29, 0.717) is 24.0 Å². The molecule has 5 nitrogen and oxygen atoms in total. The average Bonchev–Trinajstić information content (AvgIpc) is 2.36. The lowest BCUT2D eigenvalue weighted by molar-refractivity contribution is 0.0490. The molecular formula is C14H21N3O2. The number of hydrogen-bond donors (Lipinski definition) is 2. The van der Waals surface area contributed by atoms with Gasteiger partial charge in [0, 0.05) is 18.9 Å². The highest BCUT2D eigenvalue weighted by atomic mass is 16.5. The summed E-state index contributed by atoms with van der Waals surface area (Å²) in [5, 5.41) is 7.65. The van der Waals surface area contributed by atoms with Crippen molar-refractivity contribution in [2.75, 3.05) is 19.8 Å². The second-order valence-corrected chi connectivity index (χ2v) is 5.04. The summed E-state index contributed by atoms with van der Waals surface area (Å²) in [6.07, 6.45) is 2.03. The summed E-state index contributed by atoms with van der Waals surface area (Å²) in [4.78, 5) is 4.37. The lowest BCUT2D eigenvalue weighted by Crippen LogP contribution is -2.23. The average molecular weight is 263 g/mol. The number of nitrogens with zero attached hydrogens (tertiary/aromatic N) is 1. The maximum absolute atomic E-state index is 7.65. The smallest absolute Gasteiger partial charge is 0.225 e. The van der Waals surface area contributed by atoms with Gasteiger partial charge in [-0.2, -0.15) is 0 Å². The van der Waals surface area contributed by atoms with Crippen molar-refractivity contribution in [3.63, 3.8) is 0 Å². The molecule has 1 saturated heterocycles. The standard InChI is InChI=1S/C14H21N3O2/c1-9-7-10(2)17-14(12(9)13(15)16)19-8-11-3-5-18-6-4-11/h7,11H,3-6,8H2,1-2H3,(H3,15,16). The first kappa shape index (κ1) is 13.8. The number of nitrogens with two attached hydrogens (primary N) is 1. The van der Waals surface area contributed by atoms with Crippen molar-refractivity contribution in [2.24, 2.45) is 11.7 Å². The highest BCUT2D eigenvalue weighted by molar-refractivity contribution is 5.98. The van der Waals surface area contributed by atoms with Gasteiger partial charge in [-0.25, -0.2) is 4.98 Å². The number of aromatic nitrogens is 1.